The lowest BCUT2D eigenvalue weighted by Gasteiger charge is -2.12. The maximum Gasteiger partial charge on any atom is 0.307 e. The molecule has 6 heteroatoms. The minimum Gasteiger partial charge on any atom is -0.481 e. The van der Waals surface area contributed by atoms with E-state index < -0.39 is 11.9 Å². The van der Waals surface area contributed by atoms with Gasteiger partial charge in [-0.05, 0) is 24.1 Å². The summed E-state index contributed by atoms with van der Waals surface area (Å²) in [5.74, 6) is -2.14. The molecule has 0 aliphatic rings. The number of benzene rings is 1. The highest BCUT2D eigenvalue weighted by atomic mass is 79.9. The predicted octanol–water partition coefficient (Wildman–Crippen LogP) is 1.19. The first-order valence-electron chi connectivity index (χ1n) is 5.87. The molecule has 1 unspecified atom stereocenters. The van der Waals surface area contributed by atoms with Gasteiger partial charge in [-0.1, -0.05) is 28.1 Å². The molecule has 0 saturated carbocycles. The number of carboxylic acids is 1. The van der Waals surface area contributed by atoms with Crippen molar-refractivity contribution >= 4 is 27.8 Å². The molecule has 1 rings (SSSR count). The van der Waals surface area contributed by atoms with Gasteiger partial charge in [0.05, 0.1) is 12.5 Å². The average Bonchev–Trinajstić information content (AvgIpc) is 2.35. The fraction of sp³-hybridized carbons (Fsp3) is 0.385. The molecule has 3 N–H and O–H groups in total. The number of nitrogens with one attached hydrogen (secondary N) is 1. The van der Waals surface area contributed by atoms with Crippen LogP contribution < -0.4 is 5.32 Å². The zero-order chi connectivity index (χ0) is 14.3. The van der Waals surface area contributed by atoms with Crippen LogP contribution in [0, 0.1) is 5.92 Å². The summed E-state index contributed by atoms with van der Waals surface area (Å²) in [4.78, 5) is 22.6. The van der Waals surface area contributed by atoms with Crippen molar-refractivity contribution in [2.24, 2.45) is 5.92 Å². The molecule has 0 aromatic heterocycles. The molecule has 0 spiro atoms. The Labute approximate surface area is 119 Å². The van der Waals surface area contributed by atoms with Crippen molar-refractivity contribution < 1.29 is 19.8 Å². The topological polar surface area (TPSA) is 86.6 Å². The summed E-state index contributed by atoms with van der Waals surface area (Å²) < 4.78 is 0.874. The molecule has 1 amide bonds. The maximum absolute atomic E-state index is 11.5. The number of carbonyl (C=O) groups is 2. The lowest BCUT2D eigenvalue weighted by molar-refractivity contribution is -0.144. The van der Waals surface area contributed by atoms with Gasteiger partial charge in [0, 0.05) is 17.4 Å². The maximum atomic E-state index is 11.5. The van der Waals surface area contributed by atoms with E-state index in [4.69, 9.17) is 10.2 Å². The van der Waals surface area contributed by atoms with Crippen molar-refractivity contribution in [2.45, 2.75) is 12.8 Å². The molecule has 0 bridgehead atoms. The fourth-order valence-corrected chi connectivity index (χ4v) is 2.13. The average molecular weight is 330 g/mol. The standard InChI is InChI=1S/C13H16BrNO4/c14-11-3-1-2-9(7-11)6-10(13(18)19)8-12(17)15-4-5-16/h1-3,7,10,16H,4-6,8H2,(H,15,17)(H,18,19). The number of amides is 1. The van der Waals surface area contributed by atoms with Crippen molar-refractivity contribution in [3.63, 3.8) is 0 Å². The Kier molecular flexibility index (Phi) is 6.52. The third-order valence-corrected chi connectivity index (χ3v) is 3.08. The van der Waals surface area contributed by atoms with Crippen molar-refractivity contribution in [3.8, 4) is 0 Å². The lowest BCUT2D eigenvalue weighted by Crippen LogP contribution is -2.31. The van der Waals surface area contributed by atoms with E-state index in [1.807, 2.05) is 24.3 Å². The van der Waals surface area contributed by atoms with Gasteiger partial charge in [-0.25, -0.2) is 0 Å². The fourth-order valence-electron chi connectivity index (χ4n) is 1.69. The third kappa shape index (κ3) is 5.85. The molecule has 1 atom stereocenters. The number of carboxylic acid groups (broad SMARTS) is 1. The number of hydrogen-bond donors (Lipinski definition) is 3. The number of halogens is 1. The van der Waals surface area contributed by atoms with Gasteiger partial charge in [0.2, 0.25) is 5.91 Å². The van der Waals surface area contributed by atoms with Gasteiger partial charge < -0.3 is 15.5 Å². The van der Waals surface area contributed by atoms with Gasteiger partial charge in [0.15, 0.2) is 0 Å². The molecule has 5 nitrogen and oxygen atoms in total. The van der Waals surface area contributed by atoms with Crippen LogP contribution >= 0.6 is 15.9 Å². The van der Waals surface area contributed by atoms with Crippen molar-refractivity contribution in [1.29, 1.82) is 0 Å². The number of hydrogen-bond acceptors (Lipinski definition) is 3. The van der Waals surface area contributed by atoms with E-state index >= 15 is 0 Å². The second-order valence-electron chi connectivity index (χ2n) is 4.15. The van der Waals surface area contributed by atoms with E-state index in [0.29, 0.717) is 6.42 Å². The van der Waals surface area contributed by atoms with Gasteiger partial charge in [-0.3, -0.25) is 9.59 Å². The van der Waals surface area contributed by atoms with Gasteiger partial charge in [-0.2, -0.15) is 0 Å². The van der Waals surface area contributed by atoms with Crippen LogP contribution in [-0.4, -0.2) is 35.2 Å². The Morgan fingerprint density at radius 2 is 2.11 bits per heavy atom. The predicted molar refractivity (Wildman–Crippen MR) is 73.7 cm³/mol. The monoisotopic (exact) mass is 329 g/mol. The van der Waals surface area contributed by atoms with Gasteiger partial charge >= 0.3 is 5.97 Å². The van der Waals surface area contributed by atoms with Crippen molar-refractivity contribution in [3.05, 3.63) is 34.3 Å². The SMILES string of the molecule is O=C(CC(Cc1cccc(Br)c1)C(=O)O)NCCO. The summed E-state index contributed by atoms with van der Waals surface area (Å²) in [5, 5.41) is 20.2. The summed E-state index contributed by atoms with van der Waals surface area (Å²) in [5.41, 5.74) is 0.858. The van der Waals surface area contributed by atoms with E-state index in [2.05, 4.69) is 21.2 Å². The van der Waals surface area contributed by atoms with E-state index in [9.17, 15) is 9.59 Å². The summed E-state index contributed by atoms with van der Waals surface area (Å²) in [6.07, 6.45) is 0.198. The molecule has 0 aliphatic carbocycles. The smallest absolute Gasteiger partial charge is 0.307 e. The summed E-state index contributed by atoms with van der Waals surface area (Å²) in [7, 11) is 0. The Hall–Kier alpha value is -1.40. The molecular weight excluding hydrogens is 314 g/mol. The normalized spacial score (nSPS) is 11.9. The number of aliphatic carboxylic acids is 1. The molecule has 1 aromatic rings. The molecule has 104 valence electrons. The quantitative estimate of drug-likeness (QED) is 0.701. The van der Waals surface area contributed by atoms with E-state index in [0.717, 1.165) is 10.0 Å². The first kappa shape index (κ1) is 15.7. The Bertz CT molecular complexity index is 450. The van der Waals surface area contributed by atoms with E-state index in [1.54, 1.807) is 0 Å². The Morgan fingerprint density at radius 3 is 2.68 bits per heavy atom. The zero-order valence-electron chi connectivity index (χ0n) is 10.3. The molecule has 0 heterocycles. The number of aliphatic hydroxyl groups is 1. The minimum atomic E-state index is -1.00. The highest BCUT2D eigenvalue weighted by molar-refractivity contribution is 9.10. The number of rotatable bonds is 7. The molecule has 0 radical (unpaired) electrons. The first-order chi connectivity index (χ1) is 9.02. The van der Waals surface area contributed by atoms with Crippen LogP contribution in [0.4, 0.5) is 0 Å². The van der Waals surface area contributed by atoms with Crippen LogP contribution in [0.15, 0.2) is 28.7 Å². The molecule has 0 saturated heterocycles. The summed E-state index contributed by atoms with van der Waals surface area (Å²) in [6, 6.07) is 7.34. The molecule has 19 heavy (non-hydrogen) atoms. The lowest BCUT2D eigenvalue weighted by atomic mass is 9.96. The second-order valence-corrected chi connectivity index (χ2v) is 5.06. The highest BCUT2D eigenvalue weighted by Gasteiger charge is 2.21. The molecule has 0 aliphatic heterocycles. The van der Waals surface area contributed by atoms with Crippen molar-refractivity contribution in [2.75, 3.05) is 13.2 Å². The minimum absolute atomic E-state index is 0.0954. The van der Waals surface area contributed by atoms with Crippen LogP contribution in [-0.2, 0) is 16.0 Å². The molecular formula is C13H16BrNO4. The number of aliphatic hydroxyl groups excluding tert-OH is 1. The van der Waals surface area contributed by atoms with Gasteiger partial charge in [-0.15, -0.1) is 0 Å². The van der Waals surface area contributed by atoms with Crippen LogP contribution in [0.25, 0.3) is 0 Å². The Balaban J connectivity index is 2.63. The Morgan fingerprint density at radius 1 is 1.37 bits per heavy atom. The first-order valence-corrected chi connectivity index (χ1v) is 6.67. The summed E-state index contributed by atoms with van der Waals surface area (Å²) in [6.45, 7) is -0.0167. The van der Waals surface area contributed by atoms with Crippen LogP contribution in [0.5, 0.6) is 0 Å². The van der Waals surface area contributed by atoms with Gasteiger partial charge in [0.1, 0.15) is 0 Å². The molecule has 1 aromatic carbocycles. The third-order valence-electron chi connectivity index (χ3n) is 2.59. The molecule has 0 fully saturated rings. The van der Waals surface area contributed by atoms with E-state index in [1.165, 1.54) is 0 Å². The number of carbonyl (C=O) groups excluding carboxylic acids is 1. The van der Waals surface area contributed by atoms with Crippen molar-refractivity contribution in [1.82, 2.24) is 5.32 Å². The van der Waals surface area contributed by atoms with E-state index in [-0.39, 0.29) is 25.5 Å². The van der Waals surface area contributed by atoms with Crippen LogP contribution in [0.1, 0.15) is 12.0 Å². The summed E-state index contributed by atoms with van der Waals surface area (Å²) >= 11 is 3.32. The second kappa shape index (κ2) is 7.91. The highest BCUT2D eigenvalue weighted by Crippen LogP contribution is 2.17. The zero-order valence-corrected chi connectivity index (χ0v) is 11.9. The van der Waals surface area contributed by atoms with Gasteiger partial charge in [0.25, 0.3) is 0 Å². The largest absolute Gasteiger partial charge is 0.481 e. The van der Waals surface area contributed by atoms with Crippen LogP contribution in [0.2, 0.25) is 0 Å². The van der Waals surface area contributed by atoms with Crippen LogP contribution in [0.3, 0.4) is 0 Å².